The topological polar surface area (TPSA) is 47.6 Å². The summed E-state index contributed by atoms with van der Waals surface area (Å²) in [7, 11) is 3.31. The van der Waals surface area contributed by atoms with E-state index in [4.69, 9.17) is 9.47 Å². The Kier molecular flexibility index (Phi) is 9.03. The summed E-state index contributed by atoms with van der Waals surface area (Å²) in [5.74, 6) is 0.0699. The maximum atomic E-state index is 10.8. The fraction of sp³-hybridized carbons (Fsp3) is 0.889. The van der Waals surface area contributed by atoms with Gasteiger partial charge in [-0.15, -0.1) is 0 Å². The lowest BCUT2D eigenvalue weighted by Crippen LogP contribution is -2.17. The molecule has 13 heavy (non-hydrogen) atoms. The maximum Gasteiger partial charge on any atom is 0.219 e. The lowest BCUT2D eigenvalue weighted by molar-refractivity contribution is -0.120. The SMILES string of the molecule is CNC(=O)CCCOCCCOC. The standard InChI is InChI=1S/C9H19NO3/c1-10-9(11)5-3-7-13-8-4-6-12-2/h3-8H2,1-2H3,(H,10,11). The van der Waals surface area contributed by atoms with Crippen molar-refractivity contribution in [2.75, 3.05) is 34.0 Å². The summed E-state index contributed by atoms with van der Waals surface area (Å²) in [5.41, 5.74) is 0. The Morgan fingerprint density at radius 1 is 1.23 bits per heavy atom. The predicted molar refractivity (Wildman–Crippen MR) is 50.6 cm³/mol. The highest BCUT2D eigenvalue weighted by atomic mass is 16.5. The largest absolute Gasteiger partial charge is 0.385 e. The van der Waals surface area contributed by atoms with E-state index < -0.39 is 0 Å². The third-order valence-electron chi connectivity index (χ3n) is 1.61. The quantitative estimate of drug-likeness (QED) is 0.568. The molecule has 0 aliphatic rings. The fourth-order valence-electron chi connectivity index (χ4n) is 0.867. The molecule has 0 saturated heterocycles. The lowest BCUT2D eigenvalue weighted by atomic mass is 10.3. The second kappa shape index (κ2) is 9.48. The zero-order valence-electron chi connectivity index (χ0n) is 8.47. The van der Waals surface area contributed by atoms with Crippen molar-refractivity contribution in [1.82, 2.24) is 5.32 Å². The average molecular weight is 189 g/mol. The molecule has 0 radical (unpaired) electrons. The molecule has 1 N–H and O–H groups in total. The van der Waals surface area contributed by atoms with E-state index >= 15 is 0 Å². The van der Waals surface area contributed by atoms with E-state index in [1.165, 1.54) is 0 Å². The summed E-state index contributed by atoms with van der Waals surface area (Å²) in [6.07, 6.45) is 2.24. The highest BCUT2D eigenvalue weighted by molar-refractivity contribution is 5.75. The number of hydrogen-bond acceptors (Lipinski definition) is 3. The number of nitrogens with one attached hydrogen (secondary N) is 1. The van der Waals surface area contributed by atoms with Crippen molar-refractivity contribution in [2.45, 2.75) is 19.3 Å². The number of methoxy groups -OCH3 is 1. The van der Waals surface area contributed by atoms with E-state index in [1.807, 2.05) is 0 Å². The number of ether oxygens (including phenoxy) is 2. The summed E-state index contributed by atoms with van der Waals surface area (Å²) in [6.45, 7) is 2.09. The molecule has 0 unspecified atom stereocenters. The number of hydrogen-bond donors (Lipinski definition) is 1. The van der Waals surface area contributed by atoms with Crippen LogP contribution in [-0.4, -0.2) is 39.9 Å². The van der Waals surface area contributed by atoms with Crippen molar-refractivity contribution in [3.05, 3.63) is 0 Å². The van der Waals surface area contributed by atoms with Gasteiger partial charge in [0.2, 0.25) is 5.91 Å². The Labute approximate surface area is 79.6 Å². The minimum atomic E-state index is 0.0699. The van der Waals surface area contributed by atoms with Gasteiger partial charge in [-0.25, -0.2) is 0 Å². The minimum Gasteiger partial charge on any atom is -0.385 e. The highest BCUT2D eigenvalue weighted by Crippen LogP contribution is 1.91. The highest BCUT2D eigenvalue weighted by Gasteiger charge is 1.96. The smallest absolute Gasteiger partial charge is 0.219 e. The third kappa shape index (κ3) is 9.30. The normalized spacial score (nSPS) is 10.0. The molecule has 0 spiro atoms. The maximum absolute atomic E-state index is 10.8. The number of carbonyl (C=O) groups is 1. The molecule has 0 aliphatic heterocycles. The van der Waals surface area contributed by atoms with Crippen molar-refractivity contribution in [3.8, 4) is 0 Å². The van der Waals surface area contributed by atoms with Gasteiger partial charge in [0.05, 0.1) is 0 Å². The van der Waals surface area contributed by atoms with Crippen molar-refractivity contribution in [3.63, 3.8) is 0 Å². The molecule has 0 heterocycles. The van der Waals surface area contributed by atoms with Crippen LogP contribution in [0.4, 0.5) is 0 Å². The second-order valence-electron chi connectivity index (χ2n) is 2.74. The van der Waals surface area contributed by atoms with Crippen LogP contribution in [0.5, 0.6) is 0 Å². The van der Waals surface area contributed by atoms with Gasteiger partial charge in [0.25, 0.3) is 0 Å². The van der Waals surface area contributed by atoms with Gasteiger partial charge in [0, 0.05) is 40.4 Å². The summed E-state index contributed by atoms with van der Waals surface area (Å²) in [6, 6.07) is 0. The summed E-state index contributed by atoms with van der Waals surface area (Å²) < 4.78 is 10.1. The zero-order chi connectivity index (χ0) is 9.94. The average Bonchev–Trinajstić information content (AvgIpc) is 2.16. The van der Waals surface area contributed by atoms with E-state index in [-0.39, 0.29) is 5.91 Å². The Morgan fingerprint density at radius 3 is 2.54 bits per heavy atom. The van der Waals surface area contributed by atoms with E-state index in [0.717, 1.165) is 19.4 Å². The second-order valence-corrected chi connectivity index (χ2v) is 2.74. The van der Waals surface area contributed by atoms with E-state index in [9.17, 15) is 4.79 Å². The van der Waals surface area contributed by atoms with Crippen LogP contribution < -0.4 is 5.32 Å². The molecule has 4 nitrogen and oxygen atoms in total. The van der Waals surface area contributed by atoms with Gasteiger partial charge in [-0.1, -0.05) is 0 Å². The van der Waals surface area contributed by atoms with Crippen LogP contribution in [0.15, 0.2) is 0 Å². The molecule has 78 valence electrons. The molecular weight excluding hydrogens is 170 g/mol. The first-order valence-electron chi connectivity index (χ1n) is 4.58. The van der Waals surface area contributed by atoms with Crippen molar-refractivity contribution >= 4 is 5.91 Å². The van der Waals surface area contributed by atoms with Crippen LogP contribution in [0.1, 0.15) is 19.3 Å². The molecule has 0 bridgehead atoms. The number of carbonyl (C=O) groups excluding carboxylic acids is 1. The Balaban J connectivity index is 2.95. The molecule has 1 amide bonds. The van der Waals surface area contributed by atoms with Crippen molar-refractivity contribution in [1.29, 1.82) is 0 Å². The molecule has 0 rings (SSSR count). The van der Waals surface area contributed by atoms with Gasteiger partial charge in [0.1, 0.15) is 0 Å². The van der Waals surface area contributed by atoms with Crippen LogP contribution in [-0.2, 0) is 14.3 Å². The Morgan fingerprint density at radius 2 is 1.92 bits per heavy atom. The van der Waals surface area contributed by atoms with Crippen molar-refractivity contribution < 1.29 is 14.3 Å². The van der Waals surface area contributed by atoms with Crippen molar-refractivity contribution in [2.24, 2.45) is 0 Å². The van der Waals surface area contributed by atoms with E-state index in [0.29, 0.717) is 19.6 Å². The monoisotopic (exact) mass is 189 g/mol. The van der Waals surface area contributed by atoms with Gasteiger partial charge >= 0.3 is 0 Å². The first-order chi connectivity index (χ1) is 6.31. The van der Waals surface area contributed by atoms with E-state index in [1.54, 1.807) is 14.2 Å². The summed E-state index contributed by atoms with van der Waals surface area (Å²) in [5, 5.41) is 2.56. The predicted octanol–water partition coefficient (Wildman–Crippen LogP) is 0.566. The van der Waals surface area contributed by atoms with Crippen LogP contribution in [0.2, 0.25) is 0 Å². The van der Waals surface area contributed by atoms with Gasteiger partial charge in [-0.05, 0) is 12.8 Å². The molecule has 0 aromatic rings. The van der Waals surface area contributed by atoms with Gasteiger partial charge < -0.3 is 14.8 Å². The zero-order valence-corrected chi connectivity index (χ0v) is 8.47. The molecule has 0 aromatic heterocycles. The number of rotatable bonds is 8. The molecular formula is C9H19NO3. The number of amides is 1. The summed E-state index contributed by atoms with van der Waals surface area (Å²) >= 11 is 0. The molecule has 0 fully saturated rings. The summed E-state index contributed by atoms with van der Waals surface area (Å²) in [4.78, 5) is 10.8. The first-order valence-corrected chi connectivity index (χ1v) is 4.58. The van der Waals surface area contributed by atoms with Crippen LogP contribution in [0.3, 0.4) is 0 Å². The molecule has 0 atom stereocenters. The first kappa shape index (κ1) is 12.4. The minimum absolute atomic E-state index is 0.0699. The molecule has 4 heteroatoms. The van der Waals surface area contributed by atoms with E-state index in [2.05, 4.69) is 5.32 Å². The Bertz CT molecular complexity index is 128. The van der Waals surface area contributed by atoms with Gasteiger partial charge in [-0.3, -0.25) is 4.79 Å². The van der Waals surface area contributed by atoms with Gasteiger partial charge in [-0.2, -0.15) is 0 Å². The molecule has 0 saturated carbocycles. The molecule has 0 aliphatic carbocycles. The van der Waals surface area contributed by atoms with Crippen LogP contribution in [0, 0.1) is 0 Å². The lowest BCUT2D eigenvalue weighted by Gasteiger charge is -2.03. The Hall–Kier alpha value is -0.610. The molecule has 0 aromatic carbocycles. The third-order valence-corrected chi connectivity index (χ3v) is 1.61. The van der Waals surface area contributed by atoms with Crippen LogP contribution in [0.25, 0.3) is 0 Å². The fourth-order valence-corrected chi connectivity index (χ4v) is 0.867. The van der Waals surface area contributed by atoms with Gasteiger partial charge in [0.15, 0.2) is 0 Å². The van der Waals surface area contributed by atoms with Crippen LogP contribution >= 0.6 is 0 Å².